The van der Waals surface area contributed by atoms with E-state index in [-0.39, 0.29) is 36.4 Å². The van der Waals surface area contributed by atoms with Gasteiger partial charge in [-0.05, 0) is 18.6 Å². The van der Waals surface area contributed by atoms with Gasteiger partial charge in [-0.3, -0.25) is 9.59 Å². The van der Waals surface area contributed by atoms with Crippen molar-refractivity contribution in [2.75, 3.05) is 29.5 Å². The van der Waals surface area contributed by atoms with Gasteiger partial charge >= 0.3 is 0 Å². The molecule has 1 aromatic rings. The third-order valence-corrected chi connectivity index (χ3v) is 5.12. The molecule has 1 aromatic carbocycles. The fourth-order valence-corrected chi connectivity index (χ4v) is 3.56. The Morgan fingerprint density at radius 1 is 1.19 bits per heavy atom. The molecule has 0 spiro atoms. The summed E-state index contributed by atoms with van der Waals surface area (Å²) in [4.78, 5) is 25.4. The summed E-state index contributed by atoms with van der Waals surface area (Å²) in [5, 5.41) is 2.52. The zero-order valence-electron chi connectivity index (χ0n) is 11.8. The summed E-state index contributed by atoms with van der Waals surface area (Å²) in [6.07, 6.45) is 0.549. The lowest BCUT2D eigenvalue weighted by Crippen LogP contribution is -2.39. The molecule has 0 saturated carbocycles. The van der Waals surface area contributed by atoms with E-state index in [1.54, 1.807) is 31.2 Å². The third-order valence-electron chi connectivity index (χ3n) is 3.28. The zero-order chi connectivity index (χ0) is 15.5. The van der Waals surface area contributed by atoms with Crippen molar-refractivity contribution < 1.29 is 18.0 Å². The molecule has 0 aliphatic carbocycles. The second-order valence-electron chi connectivity index (χ2n) is 4.90. The van der Waals surface area contributed by atoms with Crippen molar-refractivity contribution >= 4 is 27.3 Å². The van der Waals surface area contributed by atoms with E-state index in [1.165, 1.54) is 4.90 Å². The molecule has 6 nitrogen and oxygen atoms in total. The van der Waals surface area contributed by atoms with E-state index in [0.29, 0.717) is 17.7 Å². The molecule has 1 N–H and O–H groups in total. The summed E-state index contributed by atoms with van der Waals surface area (Å²) < 4.78 is 23.6. The molecule has 0 atom stereocenters. The number of rotatable bonds is 5. The van der Waals surface area contributed by atoms with Crippen molar-refractivity contribution in [3.63, 3.8) is 0 Å². The second kappa shape index (κ2) is 6.26. The van der Waals surface area contributed by atoms with Crippen LogP contribution >= 0.6 is 0 Å². The molecule has 2 rings (SSSR count). The number of nitrogens with one attached hydrogen (secondary N) is 1. The minimum absolute atomic E-state index is 0.0626. The summed E-state index contributed by atoms with van der Waals surface area (Å²) in [7, 11) is -3.18. The molecule has 114 valence electrons. The van der Waals surface area contributed by atoms with E-state index in [4.69, 9.17) is 0 Å². The lowest BCUT2D eigenvalue weighted by atomic mass is 10.1. The number of sulfone groups is 1. The Morgan fingerprint density at radius 3 is 2.62 bits per heavy atom. The Balaban J connectivity index is 2.27. The minimum Gasteiger partial charge on any atom is -0.343 e. The number of anilines is 1. The zero-order valence-corrected chi connectivity index (χ0v) is 12.6. The van der Waals surface area contributed by atoms with Crippen LogP contribution in [0.15, 0.2) is 24.3 Å². The number of benzene rings is 1. The highest BCUT2D eigenvalue weighted by molar-refractivity contribution is 7.91. The smallest absolute Gasteiger partial charge is 0.253 e. The molecule has 0 unspecified atom stereocenters. The Labute approximate surface area is 124 Å². The molecule has 1 heterocycles. The molecule has 7 heteroatoms. The van der Waals surface area contributed by atoms with Crippen LogP contribution in [-0.4, -0.2) is 44.8 Å². The minimum atomic E-state index is -3.18. The molecule has 0 radical (unpaired) electrons. The summed E-state index contributed by atoms with van der Waals surface area (Å²) in [6, 6.07) is 6.71. The summed E-state index contributed by atoms with van der Waals surface area (Å²) in [6.45, 7) is 1.74. The molecular formula is C14H18N2O4S. The average molecular weight is 310 g/mol. The van der Waals surface area contributed by atoms with Gasteiger partial charge in [-0.25, -0.2) is 8.42 Å². The van der Waals surface area contributed by atoms with E-state index >= 15 is 0 Å². The van der Waals surface area contributed by atoms with Crippen LogP contribution in [0.5, 0.6) is 0 Å². The number of carbonyl (C=O) groups excluding carboxylic acids is 2. The van der Waals surface area contributed by atoms with Crippen LogP contribution in [0.2, 0.25) is 0 Å². The standard InChI is InChI=1S/C14H18N2O4S/c1-2-8-21(19,20)9-7-16-12-6-4-3-5-11(12)14(18)15-10-13(16)17/h3-6H,2,7-10H2,1H3,(H,15,18). The number of para-hydroxylation sites is 1. The largest absolute Gasteiger partial charge is 0.343 e. The lowest BCUT2D eigenvalue weighted by molar-refractivity contribution is -0.117. The summed E-state index contributed by atoms with van der Waals surface area (Å²) >= 11 is 0. The first kappa shape index (κ1) is 15.5. The summed E-state index contributed by atoms with van der Waals surface area (Å²) in [5.41, 5.74) is 0.848. The second-order valence-corrected chi connectivity index (χ2v) is 7.20. The summed E-state index contributed by atoms with van der Waals surface area (Å²) in [5.74, 6) is -0.624. The van der Waals surface area contributed by atoms with Gasteiger partial charge in [0.1, 0.15) is 0 Å². The Bertz CT molecular complexity index is 655. The normalized spacial score (nSPS) is 15.4. The van der Waals surface area contributed by atoms with Gasteiger partial charge in [0.05, 0.1) is 23.5 Å². The van der Waals surface area contributed by atoms with Crippen LogP contribution < -0.4 is 10.2 Å². The van der Waals surface area contributed by atoms with Crippen LogP contribution in [0.25, 0.3) is 0 Å². The van der Waals surface area contributed by atoms with Crippen LogP contribution in [-0.2, 0) is 14.6 Å². The van der Waals surface area contributed by atoms with Crippen molar-refractivity contribution in [2.45, 2.75) is 13.3 Å². The quantitative estimate of drug-likeness (QED) is 0.862. The monoisotopic (exact) mass is 310 g/mol. The molecule has 0 fully saturated rings. The number of nitrogens with zero attached hydrogens (tertiary/aromatic N) is 1. The van der Waals surface area contributed by atoms with E-state index < -0.39 is 9.84 Å². The van der Waals surface area contributed by atoms with Gasteiger partial charge in [-0.1, -0.05) is 19.1 Å². The molecule has 1 aliphatic rings. The average Bonchev–Trinajstić information content (AvgIpc) is 2.56. The third kappa shape index (κ3) is 3.60. The van der Waals surface area contributed by atoms with Gasteiger partial charge in [0.15, 0.2) is 9.84 Å². The molecule has 2 amide bonds. The topological polar surface area (TPSA) is 83.6 Å². The van der Waals surface area contributed by atoms with Gasteiger partial charge < -0.3 is 10.2 Å². The van der Waals surface area contributed by atoms with Gasteiger partial charge in [0, 0.05) is 12.3 Å². The highest BCUT2D eigenvalue weighted by atomic mass is 32.2. The molecular weight excluding hydrogens is 292 g/mol. The maximum Gasteiger partial charge on any atom is 0.253 e. The number of amides is 2. The maximum absolute atomic E-state index is 12.1. The van der Waals surface area contributed by atoms with Crippen molar-refractivity contribution in [1.29, 1.82) is 0 Å². The first-order chi connectivity index (χ1) is 9.94. The van der Waals surface area contributed by atoms with Crippen molar-refractivity contribution in [3.05, 3.63) is 29.8 Å². The van der Waals surface area contributed by atoms with Crippen molar-refractivity contribution in [3.8, 4) is 0 Å². The first-order valence-electron chi connectivity index (χ1n) is 6.82. The fraction of sp³-hybridized carbons (Fsp3) is 0.429. The predicted molar refractivity (Wildman–Crippen MR) is 80.1 cm³/mol. The number of fused-ring (bicyclic) bond motifs is 1. The van der Waals surface area contributed by atoms with E-state index in [1.807, 2.05) is 0 Å². The van der Waals surface area contributed by atoms with Gasteiger partial charge in [0.2, 0.25) is 5.91 Å². The Morgan fingerprint density at radius 2 is 1.90 bits per heavy atom. The molecule has 0 aromatic heterocycles. The van der Waals surface area contributed by atoms with E-state index in [0.717, 1.165) is 0 Å². The van der Waals surface area contributed by atoms with Crippen LogP contribution in [0.1, 0.15) is 23.7 Å². The van der Waals surface area contributed by atoms with Crippen LogP contribution in [0, 0.1) is 0 Å². The number of carbonyl (C=O) groups is 2. The van der Waals surface area contributed by atoms with Crippen LogP contribution in [0.4, 0.5) is 5.69 Å². The van der Waals surface area contributed by atoms with E-state index in [9.17, 15) is 18.0 Å². The lowest BCUT2D eigenvalue weighted by Gasteiger charge is -2.21. The van der Waals surface area contributed by atoms with Gasteiger partial charge in [-0.15, -0.1) is 0 Å². The van der Waals surface area contributed by atoms with Crippen molar-refractivity contribution in [1.82, 2.24) is 5.32 Å². The first-order valence-corrected chi connectivity index (χ1v) is 8.65. The molecule has 21 heavy (non-hydrogen) atoms. The van der Waals surface area contributed by atoms with Crippen LogP contribution in [0.3, 0.4) is 0 Å². The van der Waals surface area contributed by atoms with E-state index in [2.05, 4.69) is 5.32 Å². The molecule has 0 saturated heterocycles. The SMILES string of the molecule is CCCS(=O)(=O)CCN1C(=O)CNC(=O)c2ccccc21. The maximum atomic E-state index is 12.1. The highest BCUT2D eigenvalue weighted by Crippen LogP contribution is 2.22. The Kier molecular flexibility index (Phi) is 4.62. The Hall–Kier alpha value is -1.89. The van der Waals surface area contributed by atoms with Crippen molar-refractivity contribution in [2.24, 2.45) is 0 Å². The number of hydrogen-bond acceptors (Lipinski definition) is 4. The van der Waals surface area contributed by atoms with Gasteiger partial charge in [-0.2, -0.15) is 0 Å². The van der Waals surface area contributed by atoms with Gasteiger partial charge in [0.25, 0.3) is 5.91 Å². The highest BCUT2D eigenvalue weighted by Gasteiger charge is 2.26. The fourth-order valence-electron chi connectivity index (χ4n) is 2.27. The molecule has 1 aliphatic heterocycles. The predicted octanol–water partition coefficient (Wildman–Crippen LogP) is 0.588. The number of hydrogen-bond donors (Lipinski definition) is 1. The molecule has 0 bridgehead atoms.